The molecule has 0 N–H and O–H groups in total. The normalized spacial score (nSPS) is 32.9. The highest BCUT2D eigenvalue weighted by Crippen LogP contribution is 2.23. The second kappa shape index (κ2) is 3.26. The molecule has 64 valence electrons. The fraction of sp³-hybridized carbons (Fsp3) is 0.545. The van der Waals surface area contributed by atoms with Crippen LogP contribution in [0.1, 0.15) is 26.2 Å². The van der Waals surface area contributed by atoms with Gasteiger partial charge in [0.15, 0.2) is 0 Å². The third-order valence-corrected chi connectivity index (χ3v) is 2.66. The third kappa shape index (κ3) is 1.36. The van der Waals surface area contributed by atoms with E-state index in [0.717, 1.165) is 13.0 Å². The summed E-state index contributed by atoms with van der Waals surface area (Å²) < 4.78 is 0. The Kier molecular flexibility index (Phi) is 2.11. The highest BCUT2D eigenvalue weighted by atomic mass is 14.8. The molecule has 1 nitrogen and oxygen atoms in total. The van der Waals surface area contributed by atoms with E-state index in [1.165, 1.54) is 24.1 Å². The van der Waals surface area contributed by atoms with Crippen molar-refractivity contribution in [1.29, 1.82) is 0 Å². The van der Waals surface area contributed by atoms with Crippen molar-refractivity contribution >= 4 is 5.71 Å². The van der Waals surface area contributed by atoms with Crippen LogP contribution in [0.3, 0.4) is 0 Å². The predicted molar refractivity (Wildman–Crippen MR) is 52.5 cm³/mol. The number of fused-ring (bicyclic) bond motifs is 1. The summed E-state index contributed by atoms with van der Waals surface area (Å²) in [4.78, 5) is 4.55. The molecule has 0 saturated heterocycles. The lowest BCUT2D eigenvalue weighted by molar-refractivity contribution is 0.693. The van der Waals surface area contributed by atoms with Crippen LogP contribution in [0.25, 0.3) is 0 Å². The topological polar surface area (TPSA) is 12.4 Å². The zero-order valence-electron chi connectivity index (χ0n) is 7.59. The van der Waals surface area contributed by atoms with Crippen LogP contribution in [0.2, 0.25) is 0 Å². The number of rotatable bonds is 0. The van der Waals surface area contributed by atoms with Crippen molar-refractivity contribution < 1.29 is 0 Å². The van der Waals surface area contributed by atoms with Gasteiger partial charge in [0.1, 0.15) is 0 Å². The molecular weight excluding hydrogens is 146 g/mol. The molecule has 0 bridgehead atoms. The highest BCUT2D eigenvalue weighted by Gasteiger charge is 2.19. The van der Waals surface area contributed by atoms with Crippen molar-refractivity contribution in [2.45, 2.75) is 26.2 Å². The summed E-state index contributed by atoms with van der Waals surface area (Å²) in [6, 6.07) is 0. The summed E-state index contributed by atoms with van der Waals surface area (Å²) in [5.41, 5.74) is 2.85. The molecule has 1 aliphatic carbocycles. The molecule has 1 heterocycles. The van der Waals surface area contributed by atoms with Crippen LogP contribution in [0, 0.1) is 5.92 Å². The largest absolute Gasteiger partial charge is 0.289 e. The van der Waals surface area contributed by atoms with Gasteiger partial charge in [-0.15, -0.1) is 0 Å². The summed E-state index contributed by atoms with van der Waals surface area (Å²) in [6.45, 7) is 3.30. The Morgan fingerprint density at radius 3 is 3.33 bits per heavy atom. The molecule has 1 aliphatic heterocycles. The van der Waals surface area contributed by atoms with Crippen LogP contribution in [-0.2, 0) is 0 Å². The monoisotopic (exact) mass is 161 g/mol. The van der Waals surface area contributed by atoms with Crippen LogP contribution in [0.4, 0.5) is 0 Å². The lowest BCUT2D eigenvalue weighted by Crippen LogP contribution is -2.11. The van der Waals surface area contributed by atoms with E-state index in [9.17, 15) is 0 Å². The third-order valence-electron chi connectivity index (χ3n) is 2.66. The fourth-order valence-electron chi connectivity index (χ4n) is 1.93. The number of allylic oxidation sites excluding steroid dienone is 3. The van der Waals surface area contributed by atoms with E-state index in [-0.39, 0.29) is 0 Å². The Bertz CT molecular complexity index is 258. The molecule has 0 radical (unpaired) electrons. The minimum atomic E-state index is 0.670. The van der Waals surface area contributed by atoms with E-state index in [1.807, 2.05) is 0 Å². The SMILES string of the molecule is CC1CCC=C/C=C2/CCN=C21. The van der Waals surface area contributed by atoms with E-state index >= 15 is 0 Å². The van der Waals surface area contributed by atoms with Gasteiger partial charge >= 0.3 is 0 Å². The van der Waals surface area contributed by atoms with Crippen molar-refractivity contribution in [3.05, 3.63) is 23.8 Å². The van der Waals surface area contributed by atoms with Crippen LogP contribution >= 0.6 is 0 Å². The lowest BCUT2D eigenvalue weighted by atomic mass is 9.92. The first kappa shape index (κ1) is 7.78. The first-order chi connectivity index (χ1) is 5.88. The van der Waals surface area contributed by atoms with Crippen LogP contribution in [0.5, 0.6) is 0 Å². The summed E-state index contributed by atoms with van der Waals surface area (Å²) in [6.07, 6.45) is 10.3. The Hall–Kier alpha value is -0.850. The van der Waals surface area contributed by atoms with Crippen molar-refractivity contribution in [3.63, 3.8) is 0 Å². The molecule has 0 saturated carbocycles. The van der Waals surface area contributed by atoms with Crippen molar-refractivity contribution in [1.82, 2.24) is 0 Å². The molecule has 12 heavy (non-hydrogen) atoms. The summed E-state index contributed by atoms with van der Waals surface area (Å²) in [5, 5.41) is 0. The van der Waals surface area contributed by atoms with E-state index in [1.54, 1.807) is 0 Å². The standard InChI is InChI=1S/C11H15N/c1-9-5-3-2-4-6-10-7-8-12-11(9)10/h2,4,6,9H,3,5,7-8H2,1H3/b4-2?,10-6-. The molecule has 0 amide bonds. The van der Waals surface area contributed by atoms with E-state index in [2.05, 4.69) is 30.1 Å². The maximum absolute atomic E-state index is 4.55. The molecular formula is C11H15N. The number of hydrogen-bond donors (Lipinski definition) is 0. The molecule has 0 aromatic carbocycles. The fourth-order valence-corrected chi connectivity index (χ4v) is 1.93. The van der Waals surface area contributed by atoms with Gasteiger partial charge in [-0.25, -0.2) is 0 Å². The van der Waals surface area contributed by atoms with E-state index in [4.69, 9.17) is 0 Å². The van der Waals surface area contributed by atoms with Crippen molar-refractivity contribution in [2.75, 3.05) is 6.54 Å². The Labute approximate surface area is 73.9 Å². The minimum absolute atomic E-state index is 0.670. The Morgan fingerprint density at radius 2 is 2.42 bits per heavy atom. The number of aliphatic imine (C=N–C) groups is 1. The van der Waals surface area contributed by atoms with Crippen molar-refractivity contribution in [3.8, 4) is 0 Å². The second-order valence-corrected chi connectivity index (χ2v) is 3.62. The van der Waals surface area contributed by atoms with Crippen LogP contribution in [-0.4, -0.2) is 12.3 Å². The van der Waals surface area contributed by atoms with E-state index < -0.39 is 0 Å². The van der Waals surface area contributed by atoms with Crippen LogP contribution in [0.15, 0.2) is 28.8 Å². The second-order valence-electron chi connectivity index (χ2n) is 3.62. The minimum Gasteiger partial charge on any atom is -0.289 e. The molecule has 0 aromatic rings. The molecule has 2 aliphatic rings. The van der Waals surface area contributed by atoms with Crippen LogP contribution < -0.4 is 0 Å². The van der Waals surface area contributed by atoms with Gasteiger partial charge in [-0.2, -0.15) is 0 Å². The lowest BCUT2D eigenvalue weighted by Gasteiger charge is -2.13. The van der Waals surface area contributed by atoms with Gasteiger partial charge in [-0.1, -0.05) is 25.2 Å². The Balaban J connectivity index is 2.29. The molecule has 1 unspecified atom stereocenters. The van der Waals surface area contributed by atoms with Crippen molar-refractivity contribution in [2.24, 2.45) is 10.9 Å². The molecule has 0 aromatic heterocycles. The zero-order valence-corrected chi connectivity index (χ0v) is 7.59. The van der Waals surface area contributed by atoms with Gasteiger partial charge in [0.2, 0.25) is 0 Å². The summed E-state index contributed by atoms with van der Waals surface area (Å²) in [5.74, 6) is 0.670. The molecule has 1 heteroatoms. The number of hydrogen-bond acceptors (Lipinski definition) is 1. The average Bonchev–Trinajstić information content (AvgIpc) is 2.47. The molecule has 2 rings (SSSR count). The first-order valence-electron chi connectivity index (χ1n) is 4.78. The summed E-state index contributed by atoms with van der Waals surface area (Å²) in [7, 11) is 0. The number of nitrogens with zero attached hydrogens (tertiary/aromatic N) is 1. The van der Waals surface area contributed by atoms with Gasteiger partial charge < -0.3 is 0 Å². The Morgan fingerprint density at radius 1 is 1.50 bits per heavy atom. The van der Waals surface area contributed by atoms with E-state index in [0.29, 0.717) is 5.92 Å². The maximum atomic E-state index is 4.55. The van der Waals surface area contributed by atoms with Gasteiger partial charge in [-0.3, -0.25) is 4.99 Å². The molecule has 0 spiro atoms. The summed E-state index contributed by atoms with van der Waals surface area (Å²) >= 11 is 0. The quantitative estimate of drug-likeness (QED) is 0.518. The smallest absolute Gasteiger partial charge is 0.0433 e. The van der Waals surface area contributed by atoms with Gasteiger partial charge in [0.05, 0.1) is 0 Å². The average molecular weight is 161 g/mol. The highest BCUT2D eigenvalue weighted by molar-refractivity contribution is 6.03. The zero-order chi connectivity index (χ0) is 8.39. The van der Waals surface area contributed by atoms with Gasteiger partial charge in [0.25, 0.3) is 0 Å². The molecule has 0 fully saturated rings. The van der Waals surface area contributed by atoms with Gasteiger partial charge in [-0.05, 0) is 30.8 Å². The predicted octanol–water partition coefficient (Wildman–Crippen LogP) is 2.74. The molecule has 1 atom stereocenters. The maximum Gasteiger partial charge on any atom is 0.0433 e. The first-order valence-corrected chi connectivity index (χ1v) is 4.78. The van der Waals surface area contributed by atoms with Gasteiger partial charge in [0, 0.05) is 12.3 Å².